The number of halogens is 1. The van der Waals surface area contributed by atoms with Gasteiger partial charge in [-0.05, 0) is 63.8 Å². The lowest BCUT2D eigenvalue weighted by Gasteiger charge is -2.31. The van der Waals surface area contributed by atoms with Crippen LogP contribution in [-0.2, 0) is 16.6 Å². The zero-order valence-corrected chi connectivity index (χ0v) is 19.8. The first-order chi connectivity index (χ1) is 14.7. The van der Waals surface area contributed by atoms with Crippen LogP contribution in [0.1, 0.15) is 52.7 Å². The molecule has 0 amide bonds. The Hall–Kier alpha value is -2.16. The van der Waals surface area contributed by atoms with Crippen LogP contribution in [0.3, 0.4) is 0 Å². The van der Waals surface area contributed by atoms with Crippen molar-refractivity contribution in [2.75, 3.05) is 13.1 Å². The van der Waals surface area contributed by atoms with Crippen LogP contribution in [0.5, 0.6) is 0 Å². The molecule has 9 heteroatoms. The molecular formula is C22H27ClN4O3S. The summed E-state index contributed by atoms with van der Waals surface area (Å²) in [4.78, 5) is 4.93. The van der Waals surface area contributed by atoms with E-state index < -0.39 is 10.0 Å². The molecule has 1 aromatic carbocycles. The van der Waals surface area contributed by atoms with Crippen LogP contribution in [0, 0.1) is 27.7 Å². The molecule has 3 heterocycles. The summed E-state index contributed by atoms with van der Waals surface area (Å²) < 4.78 is 35.5. The highest BCUT2D eigenvalue weighted by Crippen LogP contribution is 2.32. The summed E-state index contributed by atoms with van der Waals surface area (Å²) in [5.41, 5.74) is 3.38. The summed E-state index contributed by atoms with van der Waals surface area (Å²) >= 11 is 6.16. The standard InChI is InChI=1S/C22H27ClN4O3S/c1-14-12-21(15(2)11-20(14)23)31(28,29)27-8-5-18(6-9-27)22-24-7-10-26(22)13-19-16(3)25-30-17(19)4/h7,10-12,18H,5-6,8-9,13H2,1-4H3. The number of hydrogen-bond acceptors (Lipinski definition) is 5. The van der Waals surface area contributed by atoms with Gasteiger partial charge < -0.3 is 9.09 Å². The number of benzene rings is 1. The van der Waals surface area contributed by atoms with Crippen molar-refractivity contribution in [1.29, 1.82) is 0 Å². The SMILES string of the molecule is Cc1cc(S(=O)(=O)N2CCC(c3nccn3Cc3c(C)noc3C)CC2)c(C)cc1Cl. The Morgan fingerprint density at radius 1 is 1.13 bits per heavy atom. The predicted molar refractivity (Wildman–Crippen MR) is 119 cm³/mol. The van der Waals surface area contributed by atoms with Crippen molar-refractivity contribution in [1.82, 2.24) is 19.0 Å². The van der Waals surface area contributed by atoms with Crippen molar-refractivity contribution in [3.05, 3.63) is 63.5 Å². The van der Waals surface area contributed by atoms with Crippen LogP contribution in [0.15, 0.2) is 33.9 Å². The van der Waals surface area contributed by atoms with E-state index in [0.29, 0.717) is 35.1 Å². The van der Waals surface area contributed by atoms with E-state index in [2.05, 4.69) is 14.7 Å². The molecule has 4 rings (SSSR count). The summed E-state index contributed by atoms with van der Waals surface area (Å²) in [5.74, 6) is 2.00. The summed E-state index contributed by atoms with van der Waals surface area (Å²) in [6, 6.07) is 3.40. The van der Waals surface area contributed by atoms with Crippen molar-refractivity contribution >= 4 is 21.6 Å². The van der Waals surface area contributed by atoms with Crippen LogP contribution in [-0.4, -0.2) is 40.5 Å². The molecule has 166 valence electrons. The van der Waals surface area contributed by atoms with E-state index >= 15 is 0 Å². The number of hydrogen-bond donors (Lipinski definition) is 0. The van der Waals surface area contributed by atoms with Crippen molar-refractivity contribution in [3.8, 4) is 0 Å². The van der Waals surface area contributed by atoms with Crippen molar-refractivity contribution in [2.24, 2.45) is 0 Å². The first-order valence-electron chi connectivity index (χ1n) is 10.4. The minimum absolute atomic E-state index is 0.204. The lowest BCUT2D eigenvalue weighted by atomic mass is 9.97. The van der Waals surface area contributed by atoms with Gasteiger partial charge in [0.2, 0.25) is 10.0 Å². The van der Waals surface area contributed by atoms with Crippen molar-refractivity contribution in [2.45, 2.75) is 57.9 Å². The Morgan fingerprint density at radius 2 is 1.84 bits per heavy atom. The van der Waals surface area contributed by atoms with E-state index in [-0.39, 0.29) is 5.92 Å². The fourth-order valence-corrected chi connectivity index (χ4v) is 6.22. The smallest absolute Gasteiger partial charge is 0.243 e. The fourth-order valence-electron chi connectivity index (χ4n) is 4.24. The Kier molecular flexibility index (Phi) is 5.98. The van der Waals surface area contributed by atoms with E-state index in [1.54, 1.807) is 29.6 Å². The highest BCUT2D eigenvalue weighted by atomic mass is 35.5. The molecular weight excluding hydrogens is 436 g/mol. The molecule has 0 unspecified atom stereocenters. The zero-order valence-electron chi connectivity index (χ0n) is 18.2. The number of piperidine rings is 1. The monoisotopic (exact) mass is 462 g/mol. The van der Waals surface area contributed by atoms with Gasteiger partial charge in [-0.15, -0.1) is 0 Å². The van der Waals surface area contributed by atoms with E-state index in [9.17, 15) is 8.42 Å². The molecule has 0 bridgehead atoms. The normalized spacial score (nSPS) is 16.2. The maximum Gasteiger partial charge on any atom is 0.243 e. The molecule has 1 aliphatic heterocycles. The van der Waals surface area contributed by atoms with Crippen LogP contribution in [0.2, 0.25) is 5.02 Å². The quantitative estimate of drug-likeness (QED) is 0.562. The molecule has 0 spiro atoms. The average molecular weight is 463 g/mol. The molecule has 2 aromatic heterocycles. The highest BCUT2D eigenvalue weighted by molar-refractivity contribution is 7.89. The summed E-state index contributed by atoms with van der Waals surface area (Å²) in [5, 5.41) is 4.62. The van der Waals surface area contributed by atoms with E-state index in [0.717, 1.165) is 41.2 Å². The summed E-state index contributed by atoms with van der Waals surface area (Å²) in [6.45, 7) is 9.04. The second-order valence-electron chi connectivity index (χ2n) is 8.26. The zero-order chi connectivity index (χ0) is 22.3. The number of imidazole rings is 1. The molecule has 1 fully saturated rings. The fraction of sp³-hybridized carbons (Fsp3) is 0.455. The van der Waals surface area contributed by atoms with Gasteiger partial charge in [-0.1, -0.05) is 16.8 Å². The number of nitrogens with zero attached hydrogens (tertiary/aromatic N) is 4. The second kappa shape index (κ2) is 8.41. The van der Waals surface area contributed by atoms with E-state index in [4.69, 9.17) is 16.1 Å². The maximum absolute atomic E-state index is 13.3. The molecule has 1 aliphatic rings. The maximum atomic E-state index is 13.3. The van der Waals surface area contributed by atoms with Gasteiger partial charge in [0.05, 0.1) is 17.1 Å². The largest absolute Gasteiger partial charge is 0.361 e. The molecule has 0 saturated carbocycles. The Morgan fingerprint density at radius 3 is 2.48 bits per heavy atom. The summed E-state index contributed by atoms with van der Waals surface area (Å²) in [7, 11) is -3.56. The van der Waals surface area contributed by atoms with Gasteiger partial charge >= 0.3 is 0 Å². The van der Waals surface area contributed by atoms with Gasteiger partial charge in [-0.2, -0.15) is 4.31 Å². The first kappa shape index (κ1) is 22.0. The predicted octanol–water partition coefficient (Wildman–Crippen LogP) is 4.37. The van der Waals surface area contributed by atoms with E-state index in [1.807, 2.05) is 27.0 Å². The van der Waals surface area contributed by atoms with Gasteiger partial charge in [-0.3, -0.25) is 0 Å². The number of rotatable bonds is 5. The number of aryl methyl sites for hydroxylation is 4. The topological polar surface area (TPSA) is 81.2 Å². The van der Waals surface area contributed by atoms with Crippen LogP contribution in [0.25, 0.3) is 0 Å². The first-order valence-corrected chi connectivity index (χ1v) is 12.2. The van der Waals surface area contributed by atoms with Gasteiger partial charge in [0.15, 0.2) is 0 Å². The third kappa shape index (κ3) is 4.16. The van der Waals surface area contributed by atoms with Crippen LogP contribution >= 0.6 is 11.6 Å². The molecule has 1 saturated heterocycles. The van der Waals surface area contributed by atoms with E-state index in [1.165, 1.54) is 0 Å². The second-order valence-corrected chi connectivity index (χ2v) is 10.6. The number of sulfonamides is 1. The van der Waals surface area contributed by atoms with Crippen LogP contribution < -0.4 is 0 Å². The minimum Gasteiger partial charge on any atom is -0.361 e. The molecule has 31 heavy (non-hydrogen) atoms. The van der Waals surface area contributed by atoms with Crippen molar-refractivity contribution in [3.63, 3.8) is 0 Å². The Labute approximate surface area is 188 Å². The lowest BCUT2D eigenvalue weighted by Crippen LogP contribution is -2.38. The molecule has 7 nitrogen and oxygen atoms in total. The van der Waals surface area contributed by atoms with Gasteiger partial charge in [0, 0.05) is 42.0 Å². The van der Waals surface area contributed by atoms with Gasteiger partial charge in [0.1, 0.15) is 11.6 Å². The third-order valence-electron chi connectivity index (χ3n) is 6.15. The summed E-state index contributed by atoms with van der Waals surface area (Å²) in [6.07, 6.45) is 5.22. The molecule has 0 atom stereocenters. The van der Waals surface area contributed by atoms with Crippen molar-refractivity contribution < 1.29 is 12.9 Å². The molecule has 3 aromatic rings. The highest BCUT2D eigenvalue weighted by Gasteiger charge is 2.32. The lowest BCUT2D eigenvalue weighted by molar-refractivity contribution is 0.310. The molecule has 0 N–H and O–H groups in total. The van der Waals surface area contributed by atoms with Gasteiger partial charge in [-0.25, -0.2) is 13.4 Å². The Bertz CT molecular complexity index is 1190. The third-order valence-corrected chi connectivity index (χ3v) is 8.60. The van der Waals surface area contributed by atoms with Crippen LogP contribution in [0.4, 0.5) is 0 Å². The number of aromatic nitrogens is 3. The van der Waals surface area contributed by atoms with Gasteiger partial charge in [0.25, 0.3) is 0 Å². The molecule has 0 radical (unpaired) electrons. The minimum atomic E-state index is -3.56. The average Bonchev–Trinajstić information content (AvgIpc) is 3.32. The Balaban J connectivity index is 1.50. The molecule has 0 aliphatic carbocycles.